The molecule has 0 bridgehead atoms. The van der Waals surface area contributed by atoms with Gasteiger partial charge in [-0.15, -0.1) is 0 Å². The van der Waals surface area contributed by atoms with E-state index in [1.165, 1.54) is 69.9 Å². The van der Waals surface area contributed by atoms with E-state index in [9.17, 15) is 8.78 Å². The van der Waals surface area contributed by atoms with Crippen molar-refractivity contribution in [3.05, 3.63) is 35.4 Å². The van der Waals surface area contributed by atoms with Gasteiger partial charge in [0.2, 0.25) is 0 Å². The molecule has 29 heavy (non-hydrogen) atoms. The third kappa shape index (κ3) is 7.49. The van der Waals surface area contributed by atoms with Gasteiger partial charge in [-0.25, -0.2) is 8.78 Å². The van der Waals surface area contributed by atoms with Crippen molar-refractivity contribution in [2.24, 2.45) is 11.8 Å². The van der Waals surface area contributed by atoms with Gasteiger partial charge in [-0.3, -0.25) is 0 Å². The van der Waals surface area contributed by atoms with Crippen LogP contribution in [-0.2, 0) is 0 Å². The largest absolute Gasteiger partial charge is 0.204 e. The van der Waals surface area contributed by atoms with Crippen molar-refractivity contribution in [2.45, 2.75) is 114 Å². The van der Waals surface area contributed by atoms with Crippen LogP contribution in [-0.4, -0.2) is 8.80 Å². The Labute approximate surface area is 179 Å². The molecule has 0 nitrogen and oxygen atoms in total. The van der Waals surface area contributed by atoms with Gasteiger partial charge in [0.25, 0.3) is 0 Å². The minimum absolute atomic E-state index is 0.343. The SMILES string of the molecule is CCCCC[SiH]1CCC(CCCCC2CCC(c3ccc(F)c(F)c3)CC2)CC1. The lowest BCUT2D eigenvalue weighted by molar-refractivity contribution is 0.296. The summed E-state index contributed by atoms with van der Waals surface area (Å²) in [7, 11) is -0.343. The molecule has 3 rings (SSSR count). The molecule has 2 aliphatic rings. The summed E-state index contributed by atoms with van der Waals surface area (Å²) in [5.74, 6) is 0.905. The van der Waals surface area contributed by atoms with Gasteiger partial charge in [0.1, 0.15) is 0 Å². The predicted molar refractivity (Wildman–Crippen MR) is 123 cm³/mol. The summed E-state index contributed by atoms with van der Waals surface area (Å²) in [5.41, 5.74) is 0.996. The van der Waals surface area contributed by atoms with Crippen molar-refractivity contribution in [3.8, 4) is 0 Å². The Hall–Kier alpha value is -0.703. The van der Waals surface area contributed by atoms with E-state index in [1.54, 1.807) is 37.0 Å². The Kier molecular flexibility index (Phi) is 9.68. The molecule has 1 saturated carbocycles. The van der Waals surface area contributed by atoms with Crippen molar-refractivity contribution in [3.63, 3.8) is 0 Å². The van der Waals surface area contributed by atoms with Crippen LogP contribution >= 0.6 is 0 Å². The average molecular weight is 421 g/mol. The van der Waals surface area contributed by atoms with Crippen molar-refractivity contribution >= 4 is 8.80 Å². The highest BCUT2D eigenvalue weighted by atomic mass is 28.3. The van der Waals surface area contributed by atoms with Gasteiger partial charge in [-0.1, -0.05) is 88.9 Å². The third-order valence-electron chi connectivity index (χ3n) is 7.92. The lowest BCUT2D eigenvalue weighted by atomic mass is 9.77. The van der Waals surface area contributed by atoms with E-state index in [4.69, 9.17) is 0 Å². The van der Waals surface area contributed by atoms with E-state index in [0.717, 1.165) is 30.2 Å². The molecule has 0 aromatic heterocycles. The molecule has 1 aromatic carbocycles. The molecule has 3 heteroatoms. The highest BCUT2D eigenvalue weighted by molar-refractivity contribution is 6.58. The van der Waals surface area contributed by atoms with E-state index < -0.39 is 11.6 Å². The molecule has 1 aliphatic heterocycles. The van der Waals surface area contributed by atoms with E-state index in [0.29, 0.717) is 5.92 Å². The minimum atomic E-state index is -0.727. The van der Waals surface area contributed by atoms with Crippen molar-refractivity contribution < 1.29 is 8.78 Å². The van der Waals surface area contributed by atoms with Crippen molar-refractivity contribution in [1.82, 2.24) is 0 Å². The Morgan fingerprint density at radius 1 is 0.793 bits per heavy atom. The second kappa shape index (κ2) is 12.2. The summed E-state index contributed by atoms with van der Waals surface area (Å²) in [6, 6.07) is 9.36. The van der Waals surface area contributed by atoms with Gasteiger partial charge in [-0.05, 0) is 61.1 Å². The van der Waals surface area contributed by atoms with Gasteiger partial charge in [-0.2, -0.15) is 0 Å². The molecule has 0 unspecified atom stereocenters. The fourth-order valence-corrected chi connectivity index (χ4v) is 9.53. The number of halogens is 2. The standard InChI is InChI=1S/C26H42F2Si/c1-2-3-6-17-29-18-15-22(16-19-29)8-5-4-7-21-9-11-23(12-10-21)24-13-14-25(27)26(28)20-24/h13-14,20-23,29H,2-12,15-19H2,1H3. The van der Waals surface area contributed by atoms with Crippen molar-refractivity contribution in [1.29, 1.82) is 0 Å². The molecule has 1 heterocycles. The van der Waals surface area contributed by atoms with Crippen molar-refractivity contribution in [2.75, 3.05) is 0 Å². The summed E-state index contributed by atoms with van der Waals surface area (Å²) < 4.78 is 26.6. The van der Waals surface area contributed by atoms with Crippen LogP contribution in [0.2, 0.25) is 18.1 Å². The Balaban J connectivity index is 1.25. The van der Waals surface area contributed by atoms with Crippen LogP contribution in [0.4, 0.5) is 8.78 Å². The van der Waals surface area contributed by atoms with E-state index in [2.05, 4.69) is 6.92 Å². The van der Waals surface area contributed by atoms with Crippen LogP contribution in [0, 0.1) is 23.5 Å². The van der Waals surface area contributed by atoms with Crippen LogP contribution in [0.25, 0.3) is 0 Å². The normalized spacial score (nSPS) is 27.8. The zero-order valence-corrected chi connectivity index (χ0v) is 19.8. The van der Waals surface area contributed by atoms with Gasteiger partial charge in [0, 0.05) is 8.80 Å². The smallest absolute Gasteiger partial charge is 0.159 e. The zero-order valence-electron chi connectivity index (χ0n) is 18.6. The Morgan fingerprint density at radius 2 is 1.45 bits per heavy atom. The fraction of sp³-hybridized carbons (Fsp3) is 0.769. The first-order chi connectivity index (χ1) is 14.2. The van der Waals surface area contributed by atoms with Crippen LogP contribution in [0.1, 0.15) is 102 Å². The van der Waals surface area contributed by atoms with Gasteiger partial charge in [0.15, 0.2) is 11.6 Å². The molecule has 0 spiro atoms. The van der Waals surface area contributed by atoms with E-state index in [-0.39, 0.29) is 8.80 Å². The van der Waals surface area contributed by atoms with Crippen LogP contribution in [0.5, 0.6) is 0 Å². The van der Waals surface area contributed by atoms with Gasteiger partial charge in [0.05, 0.1) is 0 Å². The molecular weight excluding hydrogens is 378 g/mol. The first-order valence-corrected chi connectivity index (χ1v) is 15.1. The Bertz CT molecular complexity index is 586. The number of hydrogen-bond acceptors (Lipinski definition) is 0. The molecule has 164 valence electrons. The molecule has 0 radical (unpaired) electrons. The number of hydrogen-bond donors (Lipinski definition) is 0. The second-order valence-electron chi connectivity index (χ2n) is 10.1. The number of unbranched alkanes of at least 4 members (excludes halogenated alkanes) is 3. The number of rotatable bonds is 10. The highest BCUT2D eigenvalue weighted by Gasteiger charge is 2.24. The third-order valence-corrected chi connectivity index (χ3v) is 11.4. The maximum absolute atomic E-state index is 13.5. The maximum Gasteiger partial charge on any atom is 0.159 e. The molecule has 1 aliphatic carbocycles. The molecule has 0 amide bonds. The summed E-state index contributed by atoms with van der Waals surface area (Å²) in [4.78, 5) is 0. The first-order valence-electron chi connectivity index (χ1n) is 12.6. The minimum Gasteiger partial charge on any atom is -0.204 e. The molecule has 2 fully saturated rings. The maximum atomic E-state index is 13.5. The summed E-state index contributed by atoms with van der Waals surface area (Å²) >= 11 is 0. The lowest BCUT2D eigenvalue weighted by Gasteiger charge is -2.29. The Morgan fingerprint density at radius 3 is 2.07 bits per heavy atom. The monoisotopic (exact) mass is 420 g/mol. The number of benzene rings is 1. The first kappa shape index (κ1) is 23.0. The topological polar surface area (TPSA) is 0 Å². The second-order valence-corrected chi connectivity index (χ2v) is 13.5. The van der Waals surface area contributed by atoms with Gasteiger partial charge >= 0.3 is 0 Å². The molecular formula is C26H42F2Si. The molecule has 0 atom stereocenters. The van der Waals surface area contributed by atoms with E-state index in [1.807, 2.05) is 0 Å². The predicted octanol–water partition coefficient (Wildman–Crippen LogP) is 8.63. The highest BCUT2D eigenvalue weighted by Crippen LogP contribution is 2.38. The summed E-state index contributed by atoms with van der Waals surface area (Å²) in [6.07, 6.45) is 17.9. The molecule has 1 aromatic rings. The molecule has 1 saturated heterocycles. The quantitative estimate of drug-likeness (QED) is 0.262. The molecule has 0 N–H and O–H groups in total. The van der Waals surface area contributed by atoms with E-state index >= 15 is 0 Å². The fourth-order valence-electron chi connectivity index (χ4n) is 5.91. The average Bonchev–Trinajstić information content (AvgIpc) is 2.75. The summed E-state index contributed by atoms with van der Waals surface area (Å²) in [5, 5.41) is 0. The van der Waals surface area contributed by atoms with Crippen LogP contribution in [0.15, 0.2) is 18.2 Å². The van der Waals surface area contributed by atoms with Gasteiger partial charge < -0.3 is 0 Å². The summed E-state index contributed by atoms with van der Waals surface area (Å²) in [6.45, 7) is 2.32. The lowest BCUT2D eigenvalue weighted by Crippen LogP contribution is -2.21. The zero-order chi connectivity index (χ0) is 20.5. The van der Waals surface area contributed by atoms with Crippen LogP contribution in [0.3, 0.4) is 0 Å². The van der Waals surface area contributed by atoms with Crippen LogP contribution < -0.4 is 0 Å².